The SMILES string of the molecule is Cc1ccc(Sc2nc(Cl)nc(-n3cncn3)n2)cc1. The van der Waals surface area contributed by atoms with E-state index in [9.17, 15) is 0 Å². The van der Waals surface area contributed by atoms with Crippen LogP contribution in [0.5, 0.6) is 0 Å². The molecule has 0 N–H and O–H groups in total. The first-order valence-corrected chi connectivity index (χ1v) is 6.91. The summed E-state index contributed by atoms with van der Waals surface area (Å²) in [5.74, 6) is 0.345. The summed E-state index contributed by atoms with van der Waals surface area (Å²) < 4.78 is 1.44. The fraction of sp³-hybridized carbons (Fsp3) is 0.0833. The number of rotatable bonds is 3. The van der Waals surface area contributed by atoms with Crippen LogP contribution in [0.2, 0.25) is 5.28 Å². The molecule has 0 saturated carbocycles. The van der Waals surface area contributed by atoms with Crippen molar-refractivity contribution in [2.45, 2.75) is 17.0 Å². The van der Waals surface area contributed by atoms with Gasteiger partial charge in [-0.2, -0.15) is 24.7 Å². The molecule has 0 amide bonds. The molecule has 100 valence electrons. The Morgan fingerprint density at radius 2 is 1.90 bits per heavy atom. The molecule has 0 spiro atoms. The lowest BCUT2D eigenvalue weighted by atomic mass is 10.2. The van der Waals surface area contributed by atoms with E-state index in [1.54, 1.807) is 0 Å². The van der Waals surface area contributed by atoms with Crippen LogP contribution in [0, 0.1) is 6.92 Å². The number of hydrogen-bond acceptors (Lipinski definition) is 6. The lowest BCUT2D eigenvalue weighted by Gasteiger charge is -2.03. The standard InChI is InChI=1S/C12H9ClN6S/c1-8-2-4-9(5-3-8)20-12-17-10(13)16-11(18-12)19-7-14-6-15-19/h2-7H,1H3. The van der Waals surface area contributed by atoms with Crippen molar-refractivity contribution in [3.05, 3.63) is 47.8 Å². The Hall–Kier alpha value is -1.99. The van der Waals surface area contributed by atoms with Crippen LogP contribution in [0.15, 0.2) is 47.0 Å². The smallest absolute Gasteiger partial charge is 0.223 e. The molecule has 0 radical (unpaired) electrons. The third kappa shape index (κ3) is 2.94. The quantitative estimate of drug-likeness (QED) is 0.740. The molecule has 2 aromatic heterocycles. The van der Waals surface area contributed by atoms with Crippen molar-refractivity contribution in [1.82, 2.24) is 29.7 Å². The lowest BCUT2D eigenvalue weighted by Crippen LogP contribution is -2.04. The molecule has 0 saturated heterocycles. The second kappa shape index (κ2) is 5.56. The summed E-state index contributed by atoms with van der Waals surface area (Å²) in [6.45, 7) is 2.04. The second-order valence-electron chi connectivity index (χ2n) is 3.94. The van der Waals surface area contributed by atoms with E-state index in [4.69, 9.17) is 11.6 Å². The van der Waals surface area contributed by atoms with E-state index in [2.05, 4.69) is 25.0 Å². The first-order valence-electron chi connectivity index (χ1n) is 5.72. The molecule has 20 heavy (non-hydrogen) atoms. The average Bonchev–Trinajstić information content (AvgIpc) is 2.95. The number of hydrogen-bond donors (Lipinski definition) is 0. The van der Waals surface area contributed by atoms with Gasteiger partial charge >= 0.3 is 0 Å². The van der Waals surface area contributed by atoms with Crippen molar-refractivity contribution in [3.63, 3.8) is 0 Å². The molecule has 8 heteroatoms. The van der Waals surface area contributed by atoms with Crippen LogP contribution >= 0.6 is 23.4 Å². The molecule has 0 aliphatic rings. The van der Waals surface area contributed by atoms with Crippen LogP contribution in [0.4, 0.5) is 0 Å². The minimum absolute atomic E-state index is 0.125. The molecule has 6 nitrogen and oxygen atoms in total. The largest absolute Gasteiger partial charge is 0.257 e. The molecular formula is C12H9ClN6S. The van der Waals surface area contributed by atoms with Crippen LogP contribution in [0.1, 0.15) is 5.56 Å². The Labute approximate surface area is 124 Å². The first kappa shape index (κ1) is 13.0. The third-order valence-electron chi connectivity index (χ3n) is 2.43. The molecule has 0 fully saturated rings. The van der Waals surface area contributed by atoms with Gasteiger partial charge in [-0.3, -0.25) is 0 Å². The second-order valence-corrected chi connectivity index (χ2v) is 5.32. The van der Waals surface area contributed by atoms with Crippen molar-refractivity contribution >= 4 is 23.4 Å². The fourth-order valence-electron chi connectivity index (χ4n) is 1.49. The normalized spacial score (nSPS) is 10.7. The molecular weight excluding hydrogens is 296 g/mol. The van der Waals surface area contributed by atoms with E-state index >= 15 is 0 Å². The molecule has 3 aromatic rings. The zero-order valence-corrected chi connectivity index (χ0v) is 12.0. The molecule has 1 aromatic carbocycles. The maximum Gasteiger partial charge on any atom is 0.257 e. The van der Waals surface area contributed by atoms with Crippen LogP contribution in [-0.4, -0.2) is 29.7 Å². The lowest BCUT2D eigenvalue weighted by molar-refractivity contribution is 0.757. The monoisotopic (exact) mass is 304 g/mol. The summed E-state index contributed by atoms with van der Waals surface area (Å²) in [7, 11) is 0. The predicted octanol–water partition coefficient (Wildman–Crippen LogP) is 2.57. The van der Waals surface area contributed by atoms with E-state index < -0.39 is 0 Å². The van der Waals surface area contributed by atoms with Gasteiger partial charge in [-0.1, -0.05) is 17.7 Å². The summed E-state index contributed by atoms with van der Waals surface area (Å²) >= 11 is 7.34. The van der Waals surface area contributed by atoms with Gasteiger partial charge in [-0.05, 0) is 42.4 Å². The van der Waals surface area contributed by atoms with Crippen molar-refractivity contribution in [1.29, 1.82) is 0 Å². The maximum atomic E-state index is 5.92. The Morgan fingerprint density at radius 3 is 2.60 bits per heavy atom. The Balaban J connectivity index is 1.92. The van der Waals surface area contributed by atoms with Gasteiger partial charge in [0.2, 0.25) is 5.28 Å². The van der Waals surface area contributed by atoms with E-state index in [-0.39, 0.29) is 5.28 Å². The van der Waals surface area contributed by atoms with Gasteiger partial charge in [0, 0.05) is 4.90 Å². The zero-order valence-electron chi connectivity index (χ0n) is 10.4. The van der Waals surface area contributed by atoms with Crippen LogP contribution in [0.25, 0.3) is 5.95 Å². The molecule has 0 atom stereocenters. The van der Waals surface area contributed by atoms with Gasteiger partial charge < -0.3 is 0 Å². The number of nitrogens with zero attached hydrogens (tertiary/aromatic N) is 6. The van der Waals surface area contributed by atoms with Gasteiger partial charge in [0.05, 0.1) is 0 Å². The number of benzene rings is 1. The van der Waals surface area contributed by atoms with Crippen LogP contribution < -0.4 is 0 Å². The summed E-state index contributed by atoms with van der Waals surface area (Å²) in [6, 6.07) is 8.08. The molecule has 2 heterocycles. The van der Waals surface area contributed by atoms with Crippen LogP contribution in [0.3, 0.4) is 0 Å². The molecule has 0 unspecified atom stereocenters. The van der Waals surface area contributed by atoms with Gasteiger partial charge in [0.25, 0.3) is 5.95 Å². The van der Waals surface area contributed by atoms with Crippen molar-refractivity contribution < 1.29 is 0 Å². The van der Waals surface area contributed by atoms with E-state index in [1.807, 2.05) is 31.2 Å². The summed E-state index contributed by atoms with van der Waals surface area (Å²) in [6.07, 6.45) is 2.91. The third-order valence-corrected chi connectivity index (χ3v) is 3.47. The van der Waals surface area contributed by atoms with Crippen molar-refractivity contribution in [2.75, 3.05) is 0 Å². The highest BCUT2D eigenvalue weighted by atomic mass is 35.5. The first-order chi connectivity index (χ1) is 9.70. The Bertz CT molecular complexity index is 713. The summed E-state index contributed by atoms with van der Waals surface area (Å²) in [5.41, 5.74) is 1.20. The highest BCUT2D eigenvalue weighted by molar-refractivity contribution is 7.99. The highest BCUT2D eigenvalue weighted by Crippen LogP contribution is 2.25. The summed E-state index contributed by atoms with van der Waals surface area (Å²) in [4.78, 5) is 17.3. The topological polar surface area (TPSA) is 69.4 Å². The maximum absolute atomic E-state index is 5.92. The number of aromatic nitrogens is 6. The van der Waals surface area contributed by atoms with Gasteiger partial charge in [-0.15, -0.1) is 0 Å². The Kier molecular flexibility index (Phi) is 3.62. The molecule has 3 rings (SSSR count). The molecule has 0 aliphatic carbocycles. The highest BCUT2D eigenvalue weighted by Gasteiger charge is 2.08. The summed E-state index contributed by atoms with van der Waals surface area (Å²) in [5, 5.41) is 4.61. The van der Waals surface area contributed by atoms with E-state index in [0.29, 0.717) is 11.1 Å². The Morgan fingerprint density at radius 1 is 1.10 bits per heavy atom. The molecule has 0 bridgehead atoms. The number of halogens is 1. The van der Waals surface area contributed by atoms with Crippen LogP contribution in [-0.2, 0) is 0 Å². The minimum atomic E-state index is 0.125. The minimum Gasteiger partial charge on any atom is -0.223 e. The van der Waals surface area contributed by atoms with Gasteiger partial charge in [0.1, 0.15) is 12.7 Å². The fourth-order valence-corrected chi connectivity index (χ4v) is 2.44. The van der Waals surface area contributed by atoms with Crippen molar-refractivity contribution in [2.24, 2.45) is 0 Å². The van der Waals surface area contributed by atoms with E-state index in [0.717, 1.165) is 4.90 Å². The van der Waals surface area contributed by atoms with Gasteiger partial charge in [-0.25, -0.2) is 4.98 Å². The number of aryl methyl sites for hydroxylation is 1. The van der Waals surface area contributed by atoms with Crippen molar-refractivity contribution in [3.8, 4) is 5.95 Å². The van der Waals surface area contributed by atoms with Gasteiger partial charge in [0.15, 0.2) is 5.16 Å². The van der Waals surface area contributed by atoms with E-state index in [1.165, 1.54) is 34.7 Å². The zero-order chi connectivity index (χ0) is 13.9. The molecule has 0 aliphatic heterocycles. The predicted molar refractivity (Wildman–Crippen MR) is 75.1 cm³/mol. The average molecular weight is 305 g/mol.